The van der Waals surface area contributed by atoms with E-state index in [0.29, 0.717) is 11.6 Å². The Kier molecular flexibility index (Phi) is 4.59. The number of aliphatic hydroxyl groups is 1. The predicted molar refractivity (Wildman–Crippen MR) is 89.4 cm³/mol. The van der Waals surface area contributed by atoms with Crippen LogP contribution >= 0.6 is 0 Å². The molecular formula is C17H16F2N2O3S. The number of aryl methyl sites for hydroxylation is 1. The van der Waals surface area contributed by atoms with Gasteiger partial charge in [-0.1, -0.05) is 6.07 Å². The number of hydrogen-bond donors (Lipinski definition) is 2. The van der Waals surface area contributed by atoms with Gasteiger partial charge in [0.05, 0.1) is 11.0 Å². The van der Waals surface area contributed by atoms with E-state index >= 15 is 0 Å². The van der Waals surface area contributed by atoms with E-state index in [-0.39, 0.29) is 6.54 Å². The molecule has 0 radical (unpaired) electrons. The summed E-state index contributed by atoms with van der Waals surface area (Å²) in [6.45, 7) is -0.292. The third-order valence-electron chi connectivity index (χ3n) is 3.96. The normalized spacial score (nSPS) is 13.3. The zero-order chi connectivity index (χ0) is 18.2. The number of sulfonamides is 1. The zero-order valence-corrected chi connectivity index (χ0v) is 14.1. The van der Waals surface area contributed by atoms with Gasteiger partial charge in [-0.2, -0.15) is 0 Å². The van der Waals surface area contributed by atoms with Crippen LogP contribution in [-0.2, 0) is 17.1 Å². The first-order valence-electron chi connectivity index (χ1n) is 7.46. The highest BCUT2D eigenvalue weighted by atomic mass is 32.2. The van der Waals surface area contributed by atoms with E-state index in [4.69, 9.17) is 0 Å². The summed E-state index contributed by atoms with van der Waals surface area (Å²) in [5.41, 5.74) is 1.53. The molecule has 8 heteroatoms. The molecule has 25 heavy (non-hydrogen) atoms. The summed E-state index contributed by atoms with van der Waals surface area (Å²) < 4.78 is 54.5. The zero-order valence-electron chi connectivity index (χ0n) is 13.3. The fourth-order valence-electron chi connectivity index (χ4n) is 2.54. The van der Waals surface area contributed by atoms with Gasteiger partial charge in [-0.25, -0.2) is 21.9 Å². The first-order chi connectivity index (χ1) is 11.8. The molecule has 0 aliphatic carbocycles. The Morgan fingerprint density at radius 2 is 1.88 bits per heavy atom. The van der Waals surface area contributed by atoms with E-state index in [0.717, 1.165) is 23.0 Å². The molecule has 3 rings (SSSR count). The van der Waals surface area contributed by atoms with Gasteiger partial charge in [0.15, 0.2) is 11.6 Å². The number of rotatable bonds is 5. The van der Waals surface area contributed by atoms with Crippen LogP contribution in [0.4, 0.5) is 8.78 Å². The third-order valence-corrected chi connectivity index (χ3v) is 5.38. The lowest BCUT2D eigenvalue weighted by molar-refractivity contribution is 0.182. The summed E-state index contributed by atoms with van der Waals surface area (Å²) >= 11 is 0. The van der Waals surface area contributed by atoms with Gasteiger partial charge in [0.25, 0.3) is 0 Å². The maximum atomic E-state index is 13.2. The van der Waals surface area contributed by atoms with Crippen LogP contribution < -0.4 is 4.72 Å². The Hall–Kier alpha value is -2.29. The molecule has 132 valence electrons. The molecule has 0 fully saturated rings. The molecule has 0 aliphatic rings. The van der Waals surface area contributed by atoms with Gasteiger partial charge in [0.1, 0.15) is 0 Å². The third kappa shape index (κ3) is 3.55. The van der Waals surface area contributed by atoms with Gasteiger partial charge in [-0.15, -0.1) is 0 Å². The summed E-state index contributed by atoms with van der Waals surface area (Å²) in [4.78, 5) is -0.405. The van der Waals surface area contributed by atoms with E-state index in [2.05, 4.69) is 4.72 Å². The second kappa shape index (κ2) is 6.55. The molecule has 0 amide bonds. The van der Waals surface area contributed by atoms with Crippen molar-refractivity contribution in [1.29, 1.82) is 0 Å². The molecule has 0 bridgehead atoms. The minimum Gasteiger partial charge on any atom is -0.387 e. The summed E-state index contributed by atoms with van der Waals surface area (Å²) in [6, 6.07) is 9.49. The van der Waals surface area contributed by atoms with Crippen molar-refractivity contribution in [2.45, 2.75) is 11.0 Å². The average Bonchev–Trinajstić information content (AvgIpc) is 2.95. The van der Waals surface area contributed by atoms with Crippen LogP contribution in [0.3, 0.4) is 0 Å². The SMILES string of the molecule is Cn1ccc2cc(C(O)CNS(=O)(=O)c3ccc(F)c(F)c3)ccc21. The lowest BCUT2D eigenvalue weighted by atomic mass is 10.1. The first-order valence-corrected chi connectivity index (χ1v) is 8.94. The van der Waals surface area contributed by atoms with E-state index in [1.165, 1.54) is 0 Å². The first kappa shape index (κ1) is 17.5. The smallest absolute Gasteiger partial charge is 0.240 e. The molecule has 1 unspecified atom stereocenters. The van der Waals surface area contributed by atoms with E-state index in [9.17, 15) is 22.3 Å². The Morgan fingerprint density at radius 3 is 2.60 bits per heavy atom. The Bertz CT molecular complexity index is 1030. The summed E-state index contributed by atoms with van der Waals surface area (Å²) in [5.74, 6) is -2.38. The molecule has 3 aromatic rings. The standard InChI is InChI=1S/C17H16F2N2O3S/c1-21-7-6-11-8-12(2-5-16(11)21)17(22)10-20-25(23,24)13-3-4-14(18)15(19)9-13/h2-9,17,20,22H,10H2,1H3. The maximum Gasteiger partial charge on any atom is 0.240 e. The van der Waals surface area contributed by atoms with Crippen LogP contribution in [0.2, 0.25) is 0 Å². The van der Waals surface area contributed by atoms with Crippen molar-refractivity contribution in [2.24, 2.45) is 7.05 Å². The highest BCUT2D eigenvalue weighted by molar-refractivity contribution is 7.89. The number of nitrogens with one attached hydrogen (secondary N) is 1. The number of nitrogens with zero attached hydrogens (tertiary/aromatic N) is 1. The molecular weight excluding hydrogens is 350 g/mol. The average molecular weight is 366 g/mol. The maximum absolute atomic E-state index is 13.2. The molecule has 5 nitrogen and oxygen atoms in total. The predicted octanol–water partition coefficient (Wildman–Crippen LogP) is 2.47. The van der Waals surface area contributed by atoms with Crippen molar-refractivity contribution in [1.82, 2.24) is 9.29 Å². The van der Waals surface area contributed by atoms with Crippen LogP contribution in [0.15, 0.2) is 53.6 Å². The molecule has 2 N–H and O–H groups in total. The van der Waals surface area contributed by atoms with Crippen molar-refractivity contribution >= 4 is 20.9 Å². The fraction of sp³-hybridized carbons (Fsp3) is 0.176. The molecule has 0 saturated carbocycles. The number of halogens is 2. The minimum absolute atomic E-state index is 0.292. The van der Waals surface area contributed by atoms with Crippen LogP contribution in [0.25, 0.3) is 10.9 Å². The number of aliphatic hydroxyl groups excluding tert-OH is 1. The van der Waals surface area contributed by atoms with Gasteiger partial charge >= 0.3 is 0 Å². The van der Waals surface area contributed by atoms with Crippen LogP contribution in [0.1, 0.15) is 11.7 Å². The van der Waals surface area contributed by atoms with Crippen molar-refractivity contribution < 1.29 is 22.3 Å². The minimum atomic E-state index is -4.06. The lowest BCUT2D eigenvalue weighted by Gasteiger charge is -2.13. The number of benzene rings is 2. The Morgan fingerprint density at radius 1 is 1.12 bits per heavy atom. The quantitative estimate of drug-likeness (QED) is 0.729. The van der Waals surface area contributed by atoms with Crippen LogP contribution in [0.5, 0.6) is 0 Å². The van der Waals surface area contributed by atoms with Gasteiger partial charge < -0.3 is 9.67 Å². The number of hydrogen-bond acceptors (Lipinski definition) is 3. The molecule has 0 aliphatic heterocycles. The highest BCUT2D eigenvalue weighted by Crippen LogP contribution is 2.21. The number of fused-ring (bicyclic) bond motifs is 1. The fourth-order valence-corrected chi connectivity index (χ4v) is 3.59. The topological polar surface area (TPSA) is 71.3 Å². The molecule has 2 aromatic carbocycles. The van der Waals surface area contributed by atoms with Gasteiger partial charge in [0.2, 0.25) is 10.0 Å². The van der Waals surface area contributed by atoms with Gasteiger partial charge in [-0.3, -0.25) is 0 Å². The molecule has 1 atom stereocenters. The summed E-state index contributed by atoms with van der Waals surface area (Å²) in [5, 5.41) is 11.1. The van der Waals surface area contributed by atoms with Crippen molar-refractivity contribution in [3.63, 3.8) is 0 Å². The largest absolute Gasteiger partial charge is 0.387 e. The Balaban J connectivity index is 1.75. The molecule has 1 heterocycles. The highest BCUT2D eigenvalue weighted by Gasteiger charge is 2.19. The molecule has 1 aromatic heterocycles. The van der Waals surface area contributed by atoms with E-state index in [1.807, 2.05) is 29.9 Å². The van der Waals surface area contributed by atoms with Crippen LogP contribution in [0, 0.1) is 11.6 Å². The monoisotopic (exact) mass is 366 g/mol. The van der Waals surface area contributed by atoms with E-state index < -0.39 is 32.7 Å². The van der Waals surface area contributed by atoms with Crippen LogP contribution in [-0.4, -0.2) is 24.6 Å². The van der Waals surface area contributed by atoms with Crippen molar-refractivity contribution in [3.8, 4) is 0 Å². The van der Waals surface area contributed by atoms with Gasteiger partial charge in [-0.05, 0) is 47.3 Å². The van der Waals surface area contributed by atoms with Gasteiger partial charge in [0, 0.05) is 25.3 Å². The van der Waals surface area contributed by atoms with Crippen molar-refractivity contribution in [2.75, 3.05) is 6.54 Å². The second-order valence-corrected chi connectivity index (χ2v) is 7.46. The second-order valence-electron chi connectivity index (χ2n) is 5.69. The lowest BCUT2D eigenvalue weighted by Crippen LogP contribution is -2.28. The number of aromatic nitrogens is 1. The summed E-state index contributed by atoms with van der Waals surface area (Å²) in [7, 11) is -2.16. The Labute approximate surface area is 143 Å². The molecule has 0 saturated heterocycles. The summed E-state index contributed by atoms with van der Waals surface area (Å²) in [6.07, 6.45) is 0.803. The van der Waals surface area contributed by atoms with E-state index in [1.54, 1.807) is 12.1 Å². The molecule has 0 spiro atoms. The van der Waals surface area contributed by atoms with Crippen molar-refractivity contribution in [3.05, 3.63) is 65.9 Å².